The van der Waals surface area contributed by atoms with Crippen LogP contribution in [0.4, 0.5) is 0 Å². The van der Waals surface area contributed by atoms with Crippen LogP contribution in [0.3, 0.4) is 0 Å². The van der Waals surface area contributed by atoms with Crippen molar-refractivity contribution in [1.82, 2.24) is 4.90 Å². The maximum absolute atomic E-state index is 12.1. The highest BCUT2D eigenvalue weighted by Crippen LogP contribution is 2.18. The van der Waals surface area contributed by atoms with Gasteiger partial charge in [-0.15, -0.1) is 0 Å². The van der Waals surface area contributed by atoms with Gasteiger partial charge in [0.15, 0.2) is 5.43 Å². The van der Waals surface area contributed by atoms with E-state index in [0.717, 1.165) is 30.8 Å². The molecule has 0 unspecified atom stereocenters. The lowest BCUT2D eigenvalue weighted by atomic mass is 10.2. The molecular formula is C14H14BrNO3. The maximum atomic E-state index is 12.1. The summed E-state index contributed by atoms with van der Waals surface area (Å²) in [4.78, 5) is 14.3. The molecular weight excluding hydrogens is 310 g/mol. The van der Waals surface area contributed by atoms with E-state index >= 15 is 0 Å². The van der Waals surface area contributed by atoms with Crippen LogP contribution in [0.25, 0.3) is 11.0 Å². The molecule has 1 fully saturated rings. The van der Waals surface area contributed by atoms with Crippen LogP contribution >= 0.6 is 15.9 Å². The van der Waals surface area contributed by atoms with Crippen molar-refractivity contribution in [2.24, 2.45) is 0 Å². The van der Waals surface area contributed by atoms with E-state index in [0.29, 0.717) is 23.3 Å². The van der Waals surface area contributed by atoms with Crippen molar-refractivity contribution in [2.45, 2.75) is 6.54 Å². The van der Waals surface area contributed by atoms with Gasteiger partial charge in [-0.25, -0.2) is 0 Å². The zero-order chi connectivity index (χ0) is 13.2. The summed E-state index contributed by atoms with van der Waals surface area (Å²) in [5, 5.41) is 0.611. The molecule has 0 bridgehead atoms. The van der Waals surface area contributed by atoms with Gasteiger partial charge < -0.3 is 9.15 Å². The monoisotopic (exact) mass is 323 g/mol. The molecule has 0 amide bonds. The average Bonchev–Trinajstić information content (AvgIpc) is 2.41. The Morgan fingerprint density at radius 3 is 2.79 bits per heavy atom. The highest BCUT2D eigenvalue weighted by atomic mass is 79.9. The van der Waals surface area contributed by atoms with E-state index in [4.69, 9.17) is 9.15 Å². The minimum atomic E-state index is 0.00538. The summed E-state index contributed by atoms with van der Waals surface area (Å²) in [6, 6.07) is 7.08. The number of ether oxygens (including phenoxy) is 1. The van der Waals surface area contributed by atoms with Crippen LogP contribution in [0.15, 0.2) is 37.9 Å². The lowest BCUT2D eigenvalue weighted by Crippen LogP contribution is -2.35. The van der Waals surface area contributed by atoms with Gasteiger partial charge in [-0.1, -0.05) is 15.9 Å². The highest BCUT2D eigenvalue weighted by Gasteiger charge is 2.13. The van der Waals surface area contributed by atoms with Crippen molar-refractivity contribution in [2.75, 3.05) is 26.3 Å². The third kappa shape index (κ3) is 2.88. The Kier molecular flexibility index (Phi) is 3.68. The van der Waals surface area contributed by atoms with Gasteiger partial charge in [0, 0.05) is 23.6 Å². The van der Waals surface area contributed by atoms with E-state index in [2.05, 4.69) is 20.8 Å². The van der Waals surface area contributed by atoms with Gasteiger partial charge in [-0.2, -0.15) is 0 Å². The van der Waals surface area contributed by atoms with Crippen LogP contribution in [0.5, 0.6) is 0 Å². The molecule has 19 heavy (non-hydrogen) atoms. The fourth-order valence-corrected chi connectivity index (χ4v) is 2.60. The van der Waals surface area contributed by atoms with Crippen LogP contribution in [-0.2, 0) is 11.3 Å². The molecule has 0 aliphatic carbocycles. The highest BCUT2D eigenvalue weighted by molar-refractivity contribution is 9.10. The minimum absolute atomic E-state index is 0.00538. The van der Waals surface area contributed by atoms with Crippen LogP contribution in [0, 0.1) is 0 Å². The van der Waals surface area contributed by atoms with E-state index in [1.807, 2.05) is 12.1 Å². The number of morpholine rings is 1. The molecule has 1 aliphatic rings. The third-order valence-corrected chi connectivity index (χ3v) is 3.72. The number of fused-ring (bicyclic) bond motifs is 1. The molecule has 1 aliphatic heterocycles. The fourth-order valence-electron chi connectivity index (χ4n) is 2.24. The van der Waals surface area contributed by atoms with Crippen molar-refractivity contribution in [1.29, 1.82) is 0 Å². The van der Waals surface area contributed by atoms with E-state index in [9.17, 15) is 4.79 Å². The number of benzene rings is 1. The molecule has 2 aromatic rings. The molecule has 1 aromatic carbocycles. The Balaban J connectivity index is 1.92. The van der Waals surface area contributed by atoms with Gasteiger partial charge in [0.2, 0.25) is 0 Å². The molecule has 0 saturated carbocycles. The summed E-state index contributed by atoms with van der Waals surface area (Å²) >= 11 is 3.36. The summed E-state index contributed by atoms with van der Waals surface area (Å²) in [5.74, 6) is 0.710. The smallest absolute Gasteiger partial charge is 0.193 e. The first kappa shape index (κ1) is 12.8. The zero-order valence-corrected chi connectivity index (χ0v) is 12.0. The SMILES string of the molecule is O=c1cc(CN2CCOCC2)oc2ccc(Br)cc12. The quantitative estimate of drug-likeness (QED) is 0.851. The van der Waals surface area contributed by atoms with Crippen LogP contribution < -0.4 is 5.43 Å². The number of halogens is 1. The fraction of sp³-hybridized carbons (Fsp3) is 0.357. The second kappa shape index (κ2) is 5.45. The molecule has 4 nitrogen and oxygen atoms in total. The van der Waals surface area contributed by atoms with Crippen molar-refractivity contribution in [3.05, 3.63) is 44.7 Å². The predicted molar refractivity (Wildman–Crippen MR) is 76.3 cm³/mol. The average molecular weight is 324 g/mol. The summed E-state index contributed by atoms with van der Waals surface area (Å²) in [6.45, 7) is 3.89. The number of nitrogens with zero attached hydrogens (tertiary/aromatic N) is 1. The largest absolute Gasteiger partial charge is 0.459 e. The summed E-state index contributed by atoms with van der Waals surface area (Å²) in [6.07, 6.45) is 0. The minimum Gasteiger partial charge on any atom is -0.459 e. The molecule has 1 aromatic heterocycles. The number of rotatable bonds is 2. The molecule has 3 rings (SSSR count). The van der Waals surface area contributed by atoms with Crippen LogP contribution in [-0.4, -0.2) is 31.2 Å². The van der Waals surface area contributed by atoms with Crippen molar-refractivity contribution < 1.29 is 9.15 Å². The van der Waals surface area contributed by atoms with Crippen LogP contribution in [0.1, 0.15) is 5.76 Å². The van der Waals surface area contributed by atoms with Gasteiger partial charge in [0.05, 0.1) is 25.1 Å². The molecule has 5 heteroatoms. The van der Waals surface area contributed by atoms with Gasteiger partial charge in [0.25, 0.3) is 0 Å². The Hall–Kier alpha value is -1.17. The van der Waals surface area contributed by atoms with Gasteiger partial charge in [-0.3, -0.25) is 9.69 Å². The molecule has 0 radical (unpaired) electrons. The first-order valence-corrected chi connectivity index (χ1v) is 7.04. The Morgan fingerprint density at radius 2 is 2.00 bits per heavy atom. The molecule has 2 heterocycles. The van der Waals surface area contributed by atoms with E-state index in [1.165, 1.54) is 0 Å². The Labute approximate surface area is 119 Å². The summed E-state index contributed by atoms with van der Waals surface area (Å²) in [7, 11) is 0. The van der Waals surface area contributed by atoms with Crippen molar-refractivity contribution in [3.63, 3.8) is 0 Å². The maximum Gasteiger partial charge on any atom is 0.193 e. The lowest BCUT2D eigenvalue weighted by molar-refractivity contribution is 0.0314. The van der Waals surface area contributed by atoms with E-state index in [1.54, 1.807) is 12.1 Å². The van der Waals surface area contributed by atoms with Gasteiger partial charge in [0.1, 0.15) is 11.3 Å². The second-order valence-electron chi connectivity index (χ2n) is 4.61. The second-order valence-corrected chi connectivity index (χ2v) is 5.52. The van der Waals surface area contributed by atoms with E-state index in [-0.39, 0.29) is 5.43 Å². The topological polar surface area (TPSA) is 42.7 Å². The van der Waals surface area contributed by atoms with E-state index < -0.39 is 0 Å². The summed E-state index contributed by atoms with van der Waals surface area (Å²) in [5.41, 5.74) is 0.643. The molecule has 0 N–H and O–H groups in total. The van der Waals surface area contributed by atoms with Gasteiger partial charge in [-0.05, 0) is 18.2 Å². The Bertz CT molecular complexity index is 647. The molecule has 0 spiro atoms. The molecule has 1 saturated heterocycles. The normalized spacial score (nSPS) is 16.9. The third-order valence-electron chi connectivity index (χ3n) is 3.22. The first-order chi connectivity index (χ1) is 9.22. The lowest BCUT2D eigenvalue weighted by Gasteiger charge is -2.25. The van der Waals surface area contributed by atoms with Crippen molar-refractivity contribution in [3.8, 4) is 0 Å². The molecule has 100 valence electrons. The number of hydrogen-bond donors (Lipinski definition) is 0. The van der Waals surface area contributed by atoms with Gasteiger partial charge >= 0.3 is 0 Å². The number of hydrogen-bond acceptors (Lipinski definition) is 4. The molecule has 0 atom stereocenters. The Morgan fingerprint density at radius 1 is 1.21 bits per heavy atom. The predicted octanol–water partition coefficient (Wildman–Crippen LogP) is 2.39. The van der Waals surface area contributed by atoms with Crippen LogP contribution in [0.2, 0.25) is 0 Å². The van der Waals surface area contributed by atoms with Crippen molar-refractivity contribution >= 4 is 26.9 Å². The zero-order valence-electron chi connectivity index (χ0n) is 10.4. The standard InChI is InChI=1S/C14H14BrNO3/c15-10-1-2-14-12(7-10)13(17)8-11(19-14)9-16-3-5-18-6-4-16/h1-2,7-8H,3-6,9H2. The summed E-state index contributed by atoms with van der Waals surface area (Å²) < 4.78 is 12.0. The first-order valence-electron chi connectivity index (χ1n) is 6.25.